The molecule has 0 unspecified atom stereocenters. The lowest BCUT2D eigenvalue weighted by atomic mass is 9.82. The molecule has 2 aromatic rings. The lowest BCUT2D eigenvalue weighted by Gasteiger charge is -2.38. The monoisotopic (exact) mass is 464 g/mol. The summed E-state index contributed by atoms with van der Waals surface area (Å²) in [6.45, 7) is 2.98. The molecule has 1 N–H and O–H groups in total. The Labute approximate surface area is 177 Å². The van der Waals surface area contributed by atoms with Gasteiger partial charge in [-0.2, -0.15) is 0 Å². The predicted molar refractivity (Wildman–Crippen MR) is 112 cm³/mol. The number of ether oxygens (including phenoxy) is 1. The third kappa shape index (κ3) is 4.02. The smallest absolute Gasteiger partial charge is 0.272 e. The van der Waals surface area contributed by atoms with Gasteiger partial charge in [-0.05, 0) is 43.4 Å². The Kier molecular flexibility index (Phi) is 5.85. The molecule has 148 valence electrons. The molecule has 0 aliphatic carbocycles. The number of halogens is 2. The van der Waals surface area contributed by atoms with Crippen LogP contribution in [0.25, 0.3) is 0 Å². The highest BCUT2D eigenvalue weighted by atomic mass is 79.9. The number of hydrogen-bond acceptors (Lipinski definition) is 5. The molecule has 2 aliphatic rings. The maximum absolute atomic E-state index is 13.2. The first kappa shape index (κ1) is 19.6. The third-order valence-corrected chi connectivity index (χ3v) is 6.18. The molecule has 4 rings (SSSR count). The molecule has 2 saturated heterocycles. The average Bonchev–Trinajstić information content (AvgIpc) is 3.24. The van der Waals surface area contributed by atoms with Gasteiger partial charge in [0, 0.05) is 30.8 Å². The summed E-state index contributed by atoms with van der Waals surface area (Å²) in [7, 11) is 0. The topological polar surface area (TPSA) is 67.3 Å². The second-order valence-corrected chi connectivity index (χ2v) is 8.54. The predicted octanol–water partition coefficient (Wildman–Crippen LogP) is 3.93. The molecule has 0 atom stereocenters. The minimum Gasteiger partial charge on any atom is -0.381 e. The number of aromatic nitrogens is 2. The van der Waals surface area contributed by atoms with E-state index in [1.165, 1.54) is 6.20 Å². The van der Waals surface area contributed by atoms with Crippen molar-refractivity contribution >= 4 is 39.4 Å². The lowest BCUT2D eigenvalue weighted by molar-refractivity contribution is 0.0344. The summed E-state index contributed by atoms with van der Waals surface area (Å²) in [4.78, 5) is 24.1. The number of hydrogen-bond donors (Lipinski definition) is 1. The summed E-state index contributed by atoms with van der Waals surface area (Å²) >= 11 is 9.83. The molecule has 0 saturated carbocycles. The normalized spacial score (nSPS) is 18.9. The van der Waals surface area contributed by atoms with Gasteiger partial charge in [0.15, 0.2) is 5.69 Å². The SMILES string of the molecule is O=C(NC1(c2cccc(Br)c2)CCOCC1)c1nc(N2CCCC2)ncc1Cl. The Morgan fingerprint density at radius 2 is 2.00 bits per heavy atom. The van der Waals surface area contributed by atoms with Crippen molar-refractivity contribution < 1.29 is 9.53 Å². The molecule has 3 heterocycles. The Balaban J connectivity index is 1.64. The molecule has 1 aromatic carbocycles. The Hall–Kier alpha value is -1.70. The van der Waals surface area contributed by atoms with E-state index >= 15 is 0 Å². The lowest BCUT2D eigenvalue weighted by Crippen LogP contribution is -2.49. The fraction of sp³-hybridized carbons (Fsp3) is 0.450. The Morgan fingerprint density at radius 3 is 2.71 bits per heavy atom. The van der Waals surface area contributed by atoms with Crippen molar-refractivity contribution in [2.24, 2.45) is 0 Å². The zero-order valence-electron chi connectivity index (χ0n) is 15.5. The number of carbonyl (C=O) groups excluding carboxylic acids is 1. The first-order chi connectivity index (χ1) is 13.6. The maximum Gasteiger partial charge on any atom is 0.272 e. The fourth-order valence-electron chi connectivity index (χ4n) is 3.85. The molecule has 6 nitrogen and oxygen atoms in total. The van der Waals surface area contributed by atoms with Gasteiger partial charge in [0.25, 0.3) is 5.91 Å². The number of rotatable bonds is 4. The number of nitrogens with one attached hydrogen (secondary N) is 1. The van der Waals surface area contributed by atoms with Gasteiger partial charge in [0.05, 0.1) is 16.8 Å². The molecule has 1 amide bonds. The fourth-order valence-corrected chi connectivity index (χ4v) is 4.43. The van der Waals surface area contributed by atoms with Crippen LogP contribution < -0.4 is 10.2 Å². The zero-order valence-corrected chi connectivity index (χ0v) is 17.8. The number of anilines is 1. The van der Waals surface area contributed by atoms with Gasteiger partial charge in [-0.15, -0.1) is 0 Å². The van der Waals surface area contributed by atoms with Gasteiger partial charge in [-0.3, -0.25) is 4.79 Å². The van der Waals surface area contributed by atoms with E-state index in [1.54, 1.807) is 0 Å². The van der Waals surface area contributed by atoms with Crippen LogP contribution in [-0.4, -0.2) is 42.2 Å². The quantitative estimate of drug-likeness (QED) is 0.741. The zero-order chi connectivity index (χ0) is 19.6. The van der Waals surface area contributed by atoms with Gasteiger partial charge < -0.3 is 15.0 Å². The Morgan fingerprint density at radius 1 is 1.25 bits per heavy atom. The van der Waals surface area contributed by atoms with Crippen LogP contribution in [0.4, 0.5) is 5.95 Å². The van der Waals surface area contributed by atoms with E-state index < -0.39 is 5.54 Å². The Bertz CT molecular complexity index is 867. The van der Waals surface area contributed by atoms with Gasteiger partial charge in [0.1, 0.15) is 0 Å². The molecule has 0 spiro atoms. The summed E-state index contributed by atoms with van der Waals surface area (Å²) in [6, 6.07) is 8.03. The second kappa shape index (κ2) is 8.35. The molecule has 0 radical (unpaired) electrons. The van der Waals surface area contributed by atoms with E-state index in [-0.39, 0.29) is 16.6 Å². The van der Waals surface area contributed by atoms with Crippen molar-refractivity contribution in [1.82, 2.24) is 15.3 Å². The molecule has 2 fully saturated rings. The van der Waals surface area contributed by atoms with Gasteiger partial charge >= 0.3 is 0 Å². The first-order valence-corrected chi connectivity index (χ1v) is 10.7. The highest BCUT2D eigenvalue weighted by Gasteiger charge is 2.37. The van der Waals surface area contributed by atoms with Crippen LogP contribution >= 0.6 is 27.5 Å². The molecular formula is C20H22BrClN4O2. The summed E-state index contributed by atoms with van der Waals surface area (Å²) in [5.74, 6) is 0.283. The summed E-state index contributed by atoms with van der Waals surface area (Å²) < 4.78 is 6.53. The van der Waals surface area contributed by atoms with Crippen molar-refractivity contribution in [3.63, 3.8) is 0 Å². The van der Waals surface area contributed by atoms with Gasteiger partial charge in [-0.1, -0.05) is 39.7 Å². The first-order valence-electron chi connectivity index (χ1n) is 9.51. The van der Waals surface area contributed by atoms with Crippen LogP contribution in [0, 0.1) is 0 Å². The molecule has 0 bridgehead atoms. The van der Waals surface area contributed by atoms with Crippen LogP contribution in [0.3, 0.4) is 0 Å². The molecule has 1 aromatic heterocycles. The van der Waals surface area contributed by atoms with E-state index in [4.69, 9.17) is 16.3 Å². The molecular weight excluding hydrogens is 444 g/mol. The standard InChI is InChI=1S/C20H22BrClN4O2/c21-15-5-3-4-14(12-15)20(6-10-28-11-7-20)25-18(27)17-16(22)13-23-19(24-17)26-8-1-2-9-26/h3-5,12-13H,1-2,6-11H2,(H,25,27). The van der Waals surface area contributed by atoms with E-state index in [2.05, 4.69) is 36.1 Å². The number of carbonyl (C=O) groups is 1. The van der Waals surface area contributed by atoms with Crippen molar-refractivity contribution in [1.29, 1.82) is 0 Å². The van der Waals surface area contributed by atoms with Crippen LogP contribution in [0.2, 0.25) is 5.02 Å². The van der Waals surface area contributed by atoms with Crippen LogP contribution in [0.5, 0.6) is 0 Å². The summed E-state index contributed by atoms with van der Waals surface area (Å²) in [5.41, 5.74) is 0.754. The highest BCUT2D eigenvalue weighted by Crippen LogP contribution is 2.34. The molecule has 28 heavy (non-hydrogen) atoms. The van der Waals surface area contributed by atoms with Gasteiger partial charge in [-0.25, -0.2) is 9.97 Å². The van der Waals surface area contributed by atoms with E-state index in [0.29, 0.717) is 32.0 Å². The number of benzene rings is 1. The largest absolute Gasteiger partial charge is 0.381 e. The highest BCUT2D eigenvalue weighted by molar-refractivity contribution is 9.10. The van der Waals surface area contributed by atoms with E-state index in [9.17, 15) is 4.79 Å². The van der Waals surface area contributed by atoms with E-state index in [1.807, 2.05) is 24.3 Å². The van der Waals surface area contributed by atoms with Crippen molar-refractivity contribution in [3.8, 4) is 0 Å². The van der Waals surface area contributed by atoms with E-state index in [0.717, 1.165) is 36.0 Å². The average molecular weight is 466 g/mol. The maximum atomic E-state index is 13.2. The van der Waals surface area contributed by atoms with Crippen LogP contribution in [0.1, 0.15) is 41.7 Å². The van der Waals surface area contributed by atoms with Crippen LogP contribution in [0.15, 0.2) is 34.9 Å². The minimum atomic E-state index is -0.513. The summed E-state index contributed by atoms with van der Waals surface area (Å²) in [5, 5.41) is 3.48. The molecule has 2 aliphatic heterocycles. The van der Waals surface area contributed by atoms with Crippen LogP contribution in [-0.2, 0) is 10.3 Å². The second-order valence-electron chi connectivity index (χ2n) is 7.22. The molecule has 8 heteroatoms. The number of amides is 1. The van der Waals surface area contributed by atoms with Crippen molar-refractivity contribution in [2.45, 2.75) is 31.2 Å². The van der Waals surface area contributed by atoms with Gasteiger partial charge in [0.2, 0.25) is 5.95 Å². The van der Waals surface area contributed by atoms with Crippen molar-refractivity contribution in [3.05, 3.63) is 51.2 Å². The number of nitrogens with zero attached hydrogens (tertiary/aromatic N) is 3. The third-order valence-electron chi connectivity index (χ3n) is 5.41. The van der Waals surface area contributed by atoms with Crippen molar-refractivity contribution in [2.75, 3.05) is 31.2 Å². The summed E-state index contributed by atoms with van der Waals surface area (Å²) in [6.07, 6.45) is 5.12. The minimum absolute atomic E-state index is 0.222.